The quantitative estimate of drug-likeness (QED) is 0.837. The minimum atomic E-state index is -0.436. The highest BCUT2D eigenvalue weighted by Gasteiger charge is 2.54. The van der Waals surface area contributed by atoms with E-state index in [0.717, 1.165) is 60.0 Å². The van der Waals surface area contributed by atoms with Crippen LogP contribution in [0.2, 0.25) is 0 Å². The lowest BCUT2D eigenvalue weighted by Crippen LogP contribution is -2.32. The average molecular weight is 375 g/mol. The fraction of sp³-hybridized carbons (Fsp3) is 0.737. The second kappa shape index (κ2) is 6.39. The van der Waals surface area contributed by atoms with E-state index in [2.05, 4.69) is 15.0 Å². The molecule has 6 nitrogen and oxygen atoms in total. The zero-order chi connectivity index (χ0) is 17.7. The van der Waals surface area contributed by atoms with Crippen molar-refractivity contribution in [3.8, 4) is 0 Å². The van der Waals surface area contributed by atoms with Gasteiger partial charge in [-0.1, -0.05) is 11.6 Å². The van der Waals surface area contributed by atoms with Crippen LogP contribution >= 0.6 is 11.3 Å². The highest BCUT2D eigenvalue weighted by molar-refractivity contribution is 7.11. The first-order valence-corrected chi connectivity index (χ1v) is 10.6. The van der Waals surface area contributed by atoms with E-state index >= 15 is 0 Å². The molecule has 3 heterocycles. The summed E-state index contributed by atoms with van der Waals surface area (Å²) in [5, 5.41) is 15.1. The van der Waals surface area contributed by atoms with Gasteiger partial charge in [0.2, 0.25) is 5.89 Å². The topological polar surface area (TPSA) is 75.3 Å². The number of aliphatic hydroxyl groups is 1. The average Bonchev–Trinajstić information content (AvgIpc) is 3.01. The maximum Gasteiger partial charge on any atom is 0.234 e. The van der Waals surface area contributed by atoms with Gasteiger partial charge in [-0.05, 0) is 44.4 Å². The molecule has 3 fully saturated rings. The maximum absolute atomic E-state index is 9.72. The summed E-state index contributed by atoms with van der Waals surface area (Å²) < 4.78 is 5.78. The fourth-order valence-electron chi connectivity index (χ4n) is 4.76. The monoisotopic (exact) mass is 374 g/mol. The van der Waals surface area contributed by atoms with Crippen molar-refractivity contribution in [1.82, 2.24) is 20.0 Å². The molecule has 0 unspecified atom stereocenters. The number of fused-ring (bicyclic) bond motifs is 1. The summed E-state index contributed by atoms with van der Waals surface area (Å²) in [5.74, 6) is 3.17. The minimum Gasteiger partial charge on any atom is -0.388 e. The van der Waals surface area contributed by atoms with E-state index in [-0.39, 0.29) is 5.41 Å². The summed E-state index contributed by atoms with van der Waals surface area (Å²) in [7, 11) is 0. The third kappa shape index (κ3) is 3.00. The Morgan fingerprint density at radius 2 is 2.31 bits per heavy atom. The fourth-order valence-corrected chi connectivity index (χ4v) is 5.67. The van der Waals surface area contributed by atoms with Crippen molar-refractivity contribution in [3.63, 3.8) is 0 Å². The lowest BCUT2D eigenvalue weighted by Gasteiger charge is -2.24. The molecule has 0 bridgehead atoms. The molecule has 2 saturated carbocycles. The second-order valence-corrected chi connectivity index (χ2v) is 9.56. The van der Waals surface area contributed by atoms with Crippen molar-refractivity contribution < 1.29 is 9.63 Å². The van der Waals surface area contributed by atoms with Gasteiger partial charge in [-0.3, -0.25) is 4.90 Å². The number of nitrogens with zero attached hydrogens (tertiary/aromatic N) is 4. The van der Waals surface area contributed by atoms with Crippen molar-refractivity contribution in [2.75, 3.05) is 13.1 Å². The Kier molecular flexibility index (Phi) is 4.14. The molecule has 1 saturated heterocycles. The number of rotatable bonds is 6. The highest BCUT2D eigenvalue weighted by atomic mass is 32.1. The Morgan fingerprint density at radius 1 is 1.42 bits per heavy atom. The first-order chi connectivity index (χ1) is 12.6. The third-order valence-electron chi connectivity index (χ3n) is 6.35. The Morgan fingerprint density at radius 3 is 3.08 bits per heavy atom. The molecule has 5 rings (SSSR count). The molecule has 0 amide bonds. The Balaban J connectivity index is 1.32. The molecular formula is C19H26N4O2S. The largest absolute Gasteiger partial charge is 0.388 e. The molecule has 3 aliphatic rings. The van der Waals surface area contributed by atoms with E-state index in [1.165, 1.54) is 25.7 Å². The van der Waals surface area contributed by atoms with Crippen LogP contribution in [-0.2, 0) is 18.4 Å². The molecule has 140 valence electrons. The standard InChI is InChI=1S/C19H26N4O2S/c1-12(24)15-8-20-17(26-15)10-23-9-14-3-2-6-19(14,11-23)18-21-16(22-25-18)7-13-4-5-13/h8,12-14,24H,2-7,9-11H2,1H3/t12-,14+,19+/m0/s1. The molecule has 0 radical (unpaired) electrons. The number of hydrogen-bond acceptors (Lipinski definition) is 7. The number of aromatic nitrogens is 3. The van der Waals surface area contributed by atoms with Crippen LogP contribution in [0.4, 0.5) is 0 Å². The summed E-state index contributed by atoms with van der Waals surface area (Å²) in [5.41, 5.74) is 0.0408. The zero-order valence-electron chi connectivity index (χ0n) is 15.2. The van der Waals surface area contributed by atoms with Crippen LogP contribution in [0.3, 0.4) is 0 Å². The van der Waals surface area contributed by atoms with Crippen molar-refractivity contribution in [2.24, 2.45) is 11.8 Å². The Labute approximate surface area is 157 Å². The molecule has 0 aromatic carbocycles. The van der Waals surface area contributed by atoms with Crippen molar-refractivity contribution >= 4 is 11.3 Å². The predicted molar refractivity (Wildman–Crippen MR) is 97.8 cm³/mol. The highest BCUT2D eigenvalue weighted by Crippen LogP contribution is 2.50. The van der Waals surface area contributed by atoms with Gasteiger partial charge >= 0.3 is 0 Å². The number of aliphatic hydroxyl groups excluding tert-OH is 1. The number of hydrogen-bond donors (Lipinski definition) is 1. The van der Waals surface area contributed by atoms with Crippen molar-refractivity contribution in [2.45, 2.75) is 63.5 Å². The molecule has 2 aromatic heterocycles. The van der Waals surface area contributed by atoms with Crippen LogP contribution in [0.5, 0.6) is 0 Å². The Hall–Kier alpha value is -1.31. The van der Waals surface area contributed by atoms with E-state index < -0.39 is 6.10 Å². The van der Waals surface area contributed by atoms with Gasteiger partial charge in [0, 0.05) is 25.7 Å². The Bertz CT molecular complexity index is 784. The lowest BCUT2D eigenvalue weighted by atomic mass is 9.80. The lowest BCUT2D eigenvalue weighted by molar-refractivity contribution is 0.203. The van der Waals surface area contributed by atoms with E-state index in [0.29, 0.717) is 5.92 Å². The normalized spacial score (nSPS) is 30.0. The first-order valence-electron chi connectivity index (χ1n) is 9.80. The van der Waals surface area contributed by atoms with Crippen LogP contribution in [0.1, 0.15) is 66.7 Å². The second-order valence-electron chi connectivity index (χ2n) is 8.41. The molecular weight excluding hydrogens is 348 g/mol. The van der Waals surface area contributed by atoms with E-state index in [1.54, 1.807) is 24.5 Å². The summed E-state index contributed by atoms with van der Waals surface area (Å²) in [4.78, 5) is 12.7. The van der Waals surface area contributed by atoms with E-state index in [1.807, 2.05) is 0 Å². The predicted octanol–water partition coefficient (Wildman–Crippen LogP) is 3.09. The summed E-state index contributed by atoms with van der Waals surface area (Å²) in [6, 6.07) is 0. The minimum absolute atomic E-state index is 0.0408. The van der Waals surface area contributed by atoms with Crippen LogP contribution in [0, 0.1) is 11.8 Å². The molecule has 7 heteroatoms. The molecule has 2 aliphatic carbocycles. The van der Waals surface area contributed by atoms with Gasteiger partial charge in [0.25, 0.3) is 0 Å². The van der Waals surface area contributed by atoms with Gasteiger partial charge in [-0.2, -0.15) is 4.98 Å². The maximum atomic E-state index is 9.72. The third-order valence-corrected chi connectivity index (χ3v) is 7.50. The summed E-state index contributed by atoms with van der Waals surface area (Å²) >= 11 is 1.61. The van der Waals surface area contributed by atoms with Crippen molar-refractivity contribution in [3.05, 3.63) is 27.8 Å². The van der Waals surface area contributed by atoms with Gasteiger partial charge in [0.1, 0.15) is 5.01 Å². The smallest absolute Gasteiger partial charge is 0.234 e. The number of likely N-dealkylation sites (tertiary alicyclic amines) is 1. The molecule has 1 aliphatic heterocycles. The summed E-state index contributed by atoms with van der Waals surface area (Å²) in [6.45, 7) is 4.69. The van der Waals surface area contributed by atoms with E-state index in [4.69, 9.17) is 9.51 Å². The van der Waals surface area contributed by atoms with Crippen LogP contribution in [0.25, 0.3) is 0 Å². The van der Waals surface area contributed by atoms with Crippen molar-refractivity contribution in [1.29, 1.82) is 0 Å². The molecule has 2 aromatic rings. The number of thiazole rings is 1. The van der Waals surface area contributed by atoms with Gasteiger partial charge in [0.05, 0.1) is 22.9 Å². The van der Waals surface area contributed by atoms with Crippen LogP contribution < -0.4 is 0 Å². The molecule has 26 heavy (non-hydrogen) atoms. The summed E-state index contributed by atoms with van der Waals surface area (Å²) in [6.07, 6.45) is 8.62. The van der Waals surface area contributed by atoms with E-state index in [9.17, 15) is 5.11 Å². The van der Waals surface area contributed by atoms with Gasteiger partial charge in [-0.25, -0.2) is 4.98 Å². The van der Waals surface area contributed by atoms with Crippen LogP contribution in [-0.4, -0.2) is 38.2 Å². The zero-order valence-corrected chi connectivity index (χ0v) is 16.0. The first kappa shape index (κ1) is 16.8. The van der Waals surface area contributed by atoms with Gasteiger partial charge in [0.15, 0.2) is 5.82 Å². The molecule has 1 N–H and O–H groups in total. The van der Waals surface area contributed by atoms with Crippen LogP contribution in [0.15, 0.2) is 10.7 Å². The van der Waals surface area contributed by atoms with Gasteiger partial charge < -0.3 is 9.63 Å². The SMILES string of the molecule is C[C@H](O)c1cnc(CN2C[C@H]3CCC[C@@]3(c3nc(CC4CC4)no3)C2)s1. The van der Waals surface area contributed by atoms with Gasteiger partial charge in [-0.15, -0.1) is 11.3 Å². The molecule has 0 spiro atoms. The molecule has 3 atom stereocenters.